The second-order valence-electron chi connectivity index (χ2n) is 6.29. The fourth-order valence-electron chi connectivity index (χ4n) is 3.38. The van der Waals surface area contributed by atoms with Gasteiger partial charge in [-0.3, -0.25) is 14.8 Å². The molecule has 1 aliphatic rings. The highest BCUT2D eigenvalue weighted by Gasteiger charge is 2.21. The first-order valence-corrected chi connectivity index (χ1v) is 8.50. The zero-order chi connectivity index (χ0) is 17.2. The van der Waals surface area contributed by atoms with Gasteiger partial charge in [0.15, 0.2) is 0 Å². The third-order valence-electron chi connectivity index (χ3n) is 4.77. The minimum absolute atomic E-state index is 0.213. The van der Waals surface area contributed by atoms with Gasteiger partial charge in [-0.1, -0.05) is 12.1 Å². The average molecular weight is 329 g/mol. The zero-order valence-corrected chi connectivity index (χ0v) is 14.1. The van der Waals surface area contributed by atoms with Crippen molar-refractivity contribution < 1.29 is 4.79 Å². The number of anilines is 1. The van der Waals surface area contributed by atoms with E-state index < -0.39 is 0 Å². The maximum absolute atomic E-state index is 11.9. The molecule has 0 bridgehead atoms. The SMILES string of the molecule is Cc1c(-c2ccncc2)cncc1-c1ccc(N2CCCC2=O)cc1. The standard InChI is InChI=1S/C21H19N3O/c1-15-19(13-23-14-20(15)17-8-10-22-11-9-17)16-4-6-18(7-5-16)24-12-2-3-21(24)25/h4-11,13-14H,2-3,12H2,1H3. The minimum atomic E-state index is 0.213. The molecule has 2 aromatic heterocycles. The molecule has 124 valence electrons. The van der Waals surface area contributed by atoms with Crippen LogP contribution in [0.25, 0.3) is 22.3 Å². The van der Waals surface area contributed by atoms with Gasteiger partial charge in [0.05, 0.1) is 0 Å². The number of pyridine rings is 2. The van der Waals surface area contributed by atoms with Crippen molar-refractivity contribution in [3.05, 3.63) is 66.7 Å². The van der Waals surface area contributed by atoms with E-state index in [1.54, 1.807) is 12.4 Å². The Kier molecular flexibility index (Phi) is 4.02. The first kappa shape index (κ1) is 15.5. The van der Waals surface area contributed by atoms with Gasteiger partial charge in [0.1, 0.15) is 0 Å². The normalized spacial score (nSPS) is 14.1. The molecular formula is C21H19N3O. The summed E-state index contributed by atoms with van der Waals surface area (Å²) in [6.45, 7) is 2.93. The number of hydrogen-bond acceptors (Lipinski definition) is 3. The van der Waals surface area contributed by atoms with Crippen molar-refractivity contribution in [1.29, 1.82) is 0 Å². The van der Waals surface area contributed by atoms with Crippen molar-refractivity contribution in [2.75, 3.05) is 11.4 Å². The molecular weight excluding hydrogens is 310 g/mol. The van der Waals surface area contributed by atoms with E-state index in [2.05, 4.69) is 29.0 Å². The number of hydrogen-bond donors (Lipinski definition) is 0. The summed E-state index contributed by atoms with van der Waals surface area (Å²) in [4.78, 5) is 22.3. The lowest BCUT2D eigenvalue weighted by atomic mass is 9.96. The molecule has 1 fully saturated rings. The van der Waals surface area contributed by atoms with E-state index in [1.807, 2.05) is 41.6 Å². The summed E-state index contributed by atoms with van der Waals surface area (Å²) in [6.07, 6.45) is 8.98. The van der Waals surface area contributed by atoms with Crippen LogP contribution in [0.5, 0.6) is 0 Å². The molecule has 0 aliphatic carbocycles. The molecule has 1 aromatic carbocycles. The van der Waals surface area contributed by atoms with E-state index in [1.165, 1.54) is 5.56 Å². The van der Waals surface area contributed by atoms with Gasteiger partial charge < -0.3 is 4.90 Å². The van der Waals surface area contributed by atoms with Gasteiger partial charge in [-0.25, -0.2) is 0 Å². The van der Waals surface area contributed by atoms with Crippen LogP contribution >= 0.6 is 0 Å². The van der Waals surface area contributed by atoms with Gasteiger partial charge in [-0.2, -0.15) is 0 Å². The summed E-state index contributed by atoms with van der Waals surface area (Å²) in [7, 11) is 0. The lowest BCUT2D eigenvalue weighted by molar-refractivity contribution is -0.117. The Morgan fingerprint density at radius 2 is 1.52 bits per heavy atom. The monoisotopic (exact) mass is 329 g/mol. The molecule has 3 heterocycles. The summed E-state index contributed by atoms with van der Waals surface area (Å²) in [5.41, 5.74) is 6.60. The maximum atomic E-state index is 11.9. The molecule has 0 N–H and O–H groups in total. The molecule has 0 unspecified atom stereocenters. The van der Waals surface area contributed by atoms with E-state index in [0.29, 0.717) is 6.42 Å². The van der Waals surface area contributed by atoms with Crippen LogP contribution in [0.15, 0.2) is 61.2 Å². The van der Waals surface area contributed by atoms with Crippen molar-refractivity contribution in [2.24, 2.45) is 0 Å². The molecule has 4 heteroatoms. The van der Waals surface area contributed by atoms with Crippen LogP contribution in [-0.2, 0) is 4.79 Å². The van der Waals surface area contributed by atoms with Crippen molar-refractivity contribution in [2.45, 2.75) is 19.8 Å². The zero-order valence-electron chi connectivity index (χ0n) is 14.1. The van der Waals surface area contributed by atoms with Gasteiger partial charge in [-0.15, -0.1) is 0 Å². The van der Waals surface area contributed by atoms with Crippen molar-refractivity contribution in [3.63, 3.8) is 0 Å². The quantitative estimate of drug-likeness (QED) is 0.722. The summed E-state index contributed by atoms with van der Waals surface area (Å²) in [6, 6.07) is 12.2. The Bertz CT molecular complexity index is 904. The molecule has 0 radical (unpaired) electrons. The van der Waals surface area contributed by atoms with Crippen LogP contribution in [0, 0.1) is 6.92 Å². The number of amides is 1. The number of carbonyl (C=O) groups is 1. The third-order valence-corrected chi connectivity index (χ3v) is 4.77. The molecule has 0 saturated carbocycles. The average Bonchev–Trinajstić information content (AvgIpc) is 3.09. The summed E-state index contributed by atoms with van der Waals surface area (Å²) >= 11 is 0. The molecule has 1 amide bonds. The molecule has 25 heavy (non-hydrogen) atoms. The first-order valence-electron chi connectivity index (χ1n) is 8.50. The molecule has 4 rings (SSSR count). The van der Waals surface area contributed by atoms with Crippen LogP contribution < -0.4 is 4.90 Å². The smallest absolute Gasteiger partial charge is 0.227 e. The fraction of sp³-hybridized carbons (Fsp3) is 0.190. The highest BCUT2D eigenvalue weighted by Crippen LogP contribution is 2.32. The van der Waals surface area contributed by atoms with E-state index in [0.717, 1.165) is 40.9 Å². The summed E-state index contributed by atoms with van der Waals surface area (Å²) in [5, 5.41) is 0. The lowest BCUT2D eigenvalue weighted by Gasteiger charge is -2.16. The van der Waals surface area contributed by atoms with Gasteiger partial charge in [0.25, 0.3) is 0 Å². The van der Waals surface area contributed by atoms with Crippen LogP contribution in [0.2, 0.25) is 0 Å². The van der Waals surface area contributed by atoms with E-state index in [-0.39, 0.29) is 5.91 Å². The molecule has 3 aromatic rings. The van der Waals surface area contributed by atoms with Crippen LogP contribution in [0.4, 0.5) is 5.69 Å². The highest BCUT2D eigenvalue weighted by molar-refractivity contribution is 5.95. The van der Waals surface area contributed by atoms with Crippen LogP contribution in [-0.4, -0.2) is 22.4 Å². The summed E-state index contributed by atoms with van der Waals surface area (Å²) < 4.78 is 0. The lowest BCUT2D eigenvalue weighted by Crippen LogP contribution is -2.23. The van der Waals surface area contributed by atoms with Gasteiger partial charge in [0, 0.05) is 54.6 Å². The van der Waals surface area contributed by atoms with Crippen LogP contribution in [0.1, 0.15) is 18.4 Å². The molecule has 0 spiro atoms. The Labute approximate surface area is 147 Å². The first-order chi connectivity index (χ1) is 12.2. The molecule has 1 aliphatic heterocycles. The number of nitrogens with zero attached hydrogens (tertiary/aromatic N) is 3. The van der Waals surface area contributed by atoms with Crippen LogP contribution in [0.3, 0.4) is 0 Å². The topological polar surface area (TPSA) is 46.1 Å². The van der Waals surface area contributed by atoms with E-state index in [9.17, 15) is 4.79 Å². The second kappa shape index (κ2) is 6.48. The van der Waals surface area contributed by atoms with Gasteiger partial charge in [-0.05, 0) is 54.3 Å². The van der Waals surface area contributed by atoms with Gasteiger partial charge in [0.2, 0.25) is 5.91 Å². The predicted octanol–water partition coefficient (Wildman–Crippen LogP) is 4.25. The maximum Gasteiger partial charge on any atom is 0.227 e. The summed E-state index contributed by atoms with van der Waals surface area (Å²) in [5.74, 6) is 0.213. The predicted molar refractivity (Wildman–Crippen MR) is 99.2 cm³/mol. The molecule has 0 atom stereocenters. The minimum Gasteiger partial charge on any atom is -0.312 e. The second-order valence-corrected chi connectivity index (χ2v) is 6.29. The Balaban J connectivity index is 1.69. The Morgan fingerprint density at radius 3 is 2.12 bits per heavy atom. The molecule has 1 saturated heterocycles. The third kappa shape index (κ3) is 2.91. The largest absolute Gasteiger partial charge is 0.312 e. The van der Waals surface area contributed by atoms with Gasteiger partial charge >= 0.3 is 0 Å². The number of rotatable bonds is 3. The highest BCUT2D eigenvalue weighted by atomic mass is 16.2. The van der Waals surface area contributed by atoms with E-state index >= 15 is 0 Å². The van der Waals surface area contributed by atoms with Crippen molar-refractivity contribution in [3.8, 4) is 22.3 Å². The number of carbonyl (C=O) groups excluding carboxylic acids is 1. The van der Waals surface area contributed by atoms with Crippen molar-refractivity contribution in [1.82, 2.24) is 9.97 Å². The fourth-order valence-corrected chi connectivity index (χ4v) is 3.38. The Hall–Kier alpha value is -3.01. The molecule has 4 nitrogen and oxygen atoms in total. The van der Waals surface area contributed by atoms with E-state index in [4.69, 9.17) is 0 Å². The Morgan fingerprint density at radius 1 is 0.880 bits per heavy atom. The number of aromatic nitrogens is 2. The van der Waals surface area contributed by atoms with Crippen molar-refractivity contribution >= 4 is 11.6 Å². The number of benzene rings is 1.